The van der Waals surface area contributed by atoms with Crippen molar-refractivity contribution in [3.63, 3.8) is 0 Å². The lowest BCUT2D eigenvalue weighted by Crippen LogP contribution is -2.15. The fraction of sp³-hybridized carbons (Fsp3) is 0.529. The molecule has 0 bridgehead atoms. The molecule has 0 unspecified atom stereocenters. The van der Waals surface area contributed by atoms with E-state index in [2.05, 4.69) is 161 Å². The number of phenols is 3. The molecule has 294 valence electrons. The summed E-state index contributed by atoms with van der Waals surface area (Å²) in [5.74, 6) is 1.85. The molecule has 4 rings (SSSR count). The second kappa shape index (κ2) is 15.4. The molecule has 0 aliphatic rings. The van der Waals surface area contributed by atoms with E-state index in [-0.39, 0.29) is 34.0 Å². The van der Waals surface area contributed by atoms with Gasteiger partial charge in [-0.3, -0.25) is 0 Å². The molecule has 0 atom stereocenters. The lowest BCUT2D eigenvalue weighted by Gasteiger charge is -2.28. The predicted molar refractivity (Wildman–Crippen MR) is 232 cm³/mol. The topological polar surface area (TPSA) is 60.7 Å². The molecule has 54 heavy (non-hydrogen) atoms. The molecule has 3 nitrogen and oxygen atoms in total. The minimum atomic E-state index is -0.201. The third-order valence-electron chi connectivity index (χ3n) is 11.7. The summed E-state index contributed by atoms with van der Waals surface area (Å²) in [4.78, 5) is 0. The SMILES string of the molecule is Cc1c(Cc2cc(C(C)C)c(O)c(C(C)(C)C)c2)c(C)c(Cc2cc(C(C)C)c(O)c(C(C)(C)C)c2)c(C)c1Cc1cc(C(C)C)c(O)c(C(C)(C)C)c1. The van der Waals surface area contributed by atoms with Crippen LogP contribution in [0.5, 0.6) is 17.2 Å². The minimum absolute atomic E-state index is 0.195. The first kappa shape index (κ1) is 43.0. The van der Waals surface area contributed by atoms with Crippen molar-refractivity contribution in [3.05, 3.63) is 120 Å². The highest BCUT2D eigenvalue weighted by atomic mass is 16.3. The Labute approximate surface area is 329 Å². The fourth-order valence-corrected chi connectivity index (χ4v) is 8.30. The summed E-state index contributed by atoms with van der Waals surface area (Å²) in [6, 6.07) is 13.4. The van der Waals surface area contributed by atoms with Crippen LogP contribution in [0.15, 0.2) is 36.4 Å². The van der Waals surface area contributed by atoms with Gasteiger partial charge in [-0.25, -0.2) is 0 Å². The standard InChI is InChI=1S/C51H72O3/c1-28(2)37-19-34(25-43(46(37)52)49(10,11)12)22-40-31(7)41(23-35-20-38(29(3)4)47(53)44(26-35)50(13,14)15)33(9)42(32(40)8)24-36-21-39(30(5)6)48(54)45(27-36)51(16,17)18/h19-21,25-30,52-54H,22-24H2,1-18H3. The lowest BCUT2D eigenvalue weighted by molar-refractivity contribution is 0.436. The van der Waals surface area contributed by atoms with Crippen LogP contribution >= 0.6 is 0 Å². The van der Waals surface area contributed by atoms with Gasteiger partial charge >= 0.3 is 0 Å². The highest BCUT2D eigenvalue weighted by Gasteiger charge is 2.27. The Hall–Kier alpha value is -3.72. The molecule has 4 aromatic rings. The van der Waals surface area contributed by atoms with Gasteiger partial charge in [-0.15, -0.1) is 0 Å². The summed E-state index contributed by atoms with van der Waals surface area (Å²) in [7, 11) is 0. The first-order valence-corrected chi connectivity index (χ1v) is 20.3. The minimum Gasteiger partial charge on any atom is -0.507 e. The van der Waals surface area contributed by atoms with Crippen LogP contribution in [0.25, 0.3) is 0 Å². The highest BCUT2D eigenvalue weighted by Crippen LogP contribution is 2.43. The van der Waals surface area contributed by atoms with Crippen molar-refractivity contribution in [2.75, 3.05) is 0 Å². The Morgan fingerprint density at radius 2 is 0.593 bits per heavy atom. The van der Waals surface area contributed by atoms with Gasteiger partial charge in [0.25, 0.3) is 0 Å². The zero-order valence-corrected chi connectivity index (χ0v) is 37.2. The molecule has 0 heterocycles. The van der Waals surface area contributed by atoms with Crippen molar-refractivity contribution >= 4 is 0 Å². The van der Waals surface area contributed by atoms with Crippen LogP contribution in [0.4, 0.5) is 0 Å². The Kier molecular flexibility index (Phi) is 12.3. The third kappa shape index (κ3) is 8.87. The molecule has 3 heteroatoms. The van der Waals surface area contributed by atoms with Crippen molar-refractivity contribution in [3.8, 4) is 17.2 Å². The predicted octanol–water partition coefficient (Wildman–Crippen LogP) is 13.8. The molecule has 3 N–H and O–H groups in total. The number of rotatable bonds is 9. The normalized spacial score (nSPS) is 12.8. The molecule has 0 saturated heterocycles. The summed E-state index contributed by atoms with van der Waals surface area (Å²) in [6.45, 7) is 39.5. The Balaban J connectivity index is 2.05. The van der Waals surface area contributed by atoms with Gasteiger partial charge in [-0.2, -0.15) is 0 Å². The average Bonchev–Trinajstić information content (AvgIpc) is 3.03. The maximum atomic E-state index is 11.4. The Morgan fingerprint density at radius 3 is 0.759 bits per heavy atom. The van der Waals surface area contributed by atoms with Crippen molar-refractivity contribution in [2.24, 2.45) is 0 Å². The number of phenolic OH excluding ortho intramolecular Hbond substituents is 3. The number of hydrogen-bond acceptors (Lipinski definition) is 3. The molecule has 0 fully saturated rings. The van der Waals surface area contributed by atoms with Crippen LogP contribution in [-0.2, 0) is 35.5 Å². The van der Waals surface area contributed by atoms with E-state index < -0.39 is 0 Å². The second-order valence-corrected chi connectivity index (χ2v) is 20.3. The first-order chi connectivity index (χ1) is 24.6. The Morgan fingerprint density at radius 1 is 0.389 bits per heavy atom. The van der Waals surface area contributed by atoms with Gasteiger partial charge in [0.1, 0.15) is 17.2 Å². The molecule has 0 aliphatic heterocycles. The quantitative estimate of drug-likeness (QED) is 0.161. The van der Waals surface area contributed by atoms with E-state index in [1.165, 1.54) is 50.1 Å². The van der Waals surface area contributed by atoms with Crippen LogP contribution in [0.3, 0.4) is 0 Å². The second-order valence-electron chi connectivity index (χ2n) is 20.3. The molecule has 4 aromatic carbocycles. The van der Waals surface area contributed by atoms with Crippen LogP contribution in [-0.4, -0.2) is 15.3 Å². The molecular weight excluding hydrogens is 661 g/mol. The van der Waals surface area contributed by atoms with E-state index in [0.29, 0.717) is 17.2 Å². The van der Waals surface area contributed by atoms with Crippen molar-refractivity contribution in [2.45, 2.75) is 178 Å². The van der Waals surface area contributed by atoms with Gasteiger partial charge in [-0.05, 0) is 157 Å². The van der Waals surface area contributed by atoms with Gasteiger partial charge in [0.05, 0.1) is 0 Å². The first-order valence-electron chi connectivity index (χ1n) is 20.3. The molecule has 0 saturated carbocycles. The molecule has 0 radical (unpaired) electrons. The third-order valence-corrected chi connectivity index (χ3v) is 11.7. The maximum Gasteiger partial charge on any atom is 0.122 e. The van der Waals surface area contributed by atoms with Gasteiger partial charge in [-0.1, -0.05) is 140 Å². The molecule has 0 aliphatic carbocycles. The van der Waals surface area contributed by atoms with Crippen LogP contribution < -0.4 is 0 Å². The van der Waals surface area contributed by atoms with Gasteiger partial charge in [0.2, 0.25) is 0 Å². The average molecular weight is 733 g/mol. The molecule has 0 amide bonds. The lowest BCUT2D eigenvalue weighted by atomic mass is 9.78. The summed E-state index contributed by atoms with van der Waals surface area (Å²) in [5, 5.41) is 34.3. The van der Waals surface area contributed by atoms with Gasteiger partial charge < -0.3 is 15.3 Å². The van der Waals surface area contributed by atoms with Crippen molar-refractivity contribution < 1.29 is 15.3 Å². The highest BCUT2D eigenvalue weighted by molar-refractivity contribution is 5.58. The van der Waals surface area contributed by atoms with Crippen molar-refractivity contribution in [1.82, 2.24) is 0 Å². The monoisotopic (exact) mass is 733 g/mol. The largest absolute Gasteiger partial charge is 0.507 e. The number of hydrogen-bond donors (Lipinski definition) is 3. The molecular formula is C51H72O3. The Bertz CT molecular complexity index is 1760. The molecule has 0 spiro atoms. The van der Waals surface area contributed by atoms with E-state index in [1.54, 1.807) is 0 Å². The summed E-state index contributed by atoms with van der Waals surface area (Å²) < 4.78 is 0. The van der Waals surface area contributed by atoms with E-state index in [1.807, 2.05) is 0 Å². The van der Waals surface area contributed by atoms with Crippen LogP contribution in [0.1, 0.15) is 205 Å². The number of benzene rings is 4. The summed E-state index contributed by atoms with van der Waals surface area (Å²) in [6.07, 6.45) is 2.30. The number of aromatic hydroxyl groups is 3. The zero-order valence-electron chi connectivity index (χ0n) is 37.2. The summed E-state index contributed by atoms with van der Waals surface area (Å²) in [5.41, 5.74) is 17.0. The zero-order chi connectivity index (χ0) is 41.0. The van der Waals surface area contributed by atoms with Gasteiger partial charge in [0, 0.05) is 0 Å². The van der Waals surface area contributed by atoms with Gasteiger partial charge in [0.15, 0.2) is 0 Å². The van der Waals surface area contributed by atoms with E-state index in [9.17, 15) is 15.3 Å². The molecule has 0 aromatic heterocycles. The fourth-order valence-electron chi connectivity index (χ4n) is 8.30. The maximum absolute atomic E-state index is 11.4. The smallest absolute Gasteiger partial charge is 0.122 e. The van der Waals surface area contributed by atoms with E-state index >= 15 is 0 Å². The van der Waals surface area contributed by atoms with Crippen molar-refractivity contribution in [1.29, 1.82) is 0 Å². The van der Waals surface area contributed by atoms with E-state index in [0.717, 1.165) is 52.6 Å². The van der Waals surface area contributed by atoms with E-state index in [4.69, 9.17) is 0 Å². The van der Waals surface area contributed by atoms with Crippen LogP contribution in [0.2, 0.25) is 0 Å². The summed E-state index contributed by atoms with van der Waals surface area (Å²) >= 11 is 0. The van der Waals surface area contributed by atoms with Crippen LogP contribution in [0, 0.1) is 20.8 Å².